The van der Waals surface area contributed by atoms with Crippen molar-refractivity contribution in [3.63, 3.8) is 0 Å². The van der Waals surface area contributed by atoms with Gasteiger partial charge in [-0.3, -0.25) is 4.79 Å². The third-order valence-corrected chi connectivity index (χ3v) is 7.03. The van der Waals surface area contributed by atoms with E-state index in [1.54, 1.807) is 0 Å². The molecule has 0 aliphatic carbocycles. The predicted molar refractivity (Wildman–Crippen MR) is 165 cm³/mol. The average molecular weight is 693 g/mol. The first-order chi connectivity index (χ1) is 22.1. The van der Waals surface area contributed by atoms with Gasteiger partial charge in [0.15, 0.2) is 5.54 Å². The molecule has 4 aromatic rings. The molecule has 1 aliphatic heterocycles. The molecular weight excluding hydrogens is 671 g/mol. The van der Waals surface area contributed by atoms with E-state index in [1.165, 1.54) is 79.7 Å². The lowest BCUT2D eigenvalue weighted by Gasteiger charge is -2.30. The van der Waals surface area contributed by atoms with E-state index in [2.05, 4.69) is 15.4 Å². The van der Waals surface area contributed by atoms with E-state index in [0.29, 0.717) is 10.7 Å². The molecule has 1 aromatic heterocycles. The predicted octanol–water partition coefficient (Wildman–Crippen LogP) is 7.77. The fraction of sp³-hybridized carbons (Fsp3) is 0.129. The number of hydrogen-bond acceptors (Lipinski definition) is 7. The maximum atomic E-state index is 12.9. The average Bonchev–Trinajstić information content (AvgIpc) is 3.37. The van der Waals surface area contributed by atoms with E-state index in [-0.39, 0.29) is 40.2 Å². The van der Waals surface area contributed by atoms with Gasteiger partial charge in [-0.15, -0.1) is 0 Å². The Morgan fingerprint density at radius 3 is 2.26 bits per heavy atom. The number of carbonyl (C=O) groups is 3. The van der Waals surface area contributed by atoms with Crippen molar-refractivity contribution in [3.05, 3.63) is 112 Å². The number of carboxylic acids is 2. The zero-order chi connectivity index (χ0) is 34.5. The van der Waals surface area contributed by atoms with Crippen LogP contribution in [0.1, 0.15) is 29.4 Å². The maximum Gasteiger partial charge on any atom is 0.416 e. The molecule has 3 aromatic carbocycles. The second kappa shape index (κ2) is 14.1. The van der Waals surface area contributed by atoms with Crippen LogP contribution < -0.4 is 15.1 Å². The summed E-state index contributed by atoms with van der Waals surface area (Å²) >= 11 is 11.8. The first-order valence-corrected chi connectivity index (χ1v) is 14.0. The molecule has 0 saturated heterocycles. The van der Waals surface area contributed by atoms with Crippen molar-refractivity contribution in [1.29, 1.82) is 0 Å². The van der Waals surface area contributed by atoms with Crippen LogP contribution in [0.3, 0.4) is 0 Å². The molecule has 1 unspecified atom stereocenters. The Morgan fingerprint density at radius 2 is 1.64 bits per heavy atom. The van der Waals surface area contributed by atoms with Gasteiger partial charge in [0.1, 0.15) is 23.0 Å². The van der Waals surface area contributed by atoms with E-state index in [1.807, 2.05) is 0 Å². The minimum Gasteiger partial charge on any atom is -0.479 e. The van der Waals surface area contributed by atoms with Gasteiger partial charge < -0.3 is 20.3 Å². The van der Waals surface area contributed by atoms with Gasteiger partial charge in [0.25, 0.3) is 5.91 Å². The third kappa shape index (κ3) is 8.54. The highest BCUT2D eigenvalue weighted by atomic mass is 35.5. The number of nitrogens with zero attached hydrogens (tertiary/aromatic N) is 3. The lowest BCUT2D eigenvalue weighted by atomic mass is 9.95. The molecule has 1 aliphatic rings. The highest BCUT2D eigenvalue weighted by Gasteiger charge is 2.48. The number of ether oxygens (including phenoxy) is 1. The fourth-order valence-corrected chi connectivity index (χ4v) is 4.60. The molecule has 0 spiro atoms. The number of halogens is 6. The van der Waals surface area contributed by atoms with Gasteiger partial charge in [0, 0.05) is 23.2 Å². The number of benzene rings is 3. The zero-order valence-electron chi connectivity index (χ0n) is 23.9. The topological polar surface area (TPSA) is 141 Å². The summed E-state index contributed by atoms with van der Waals surface area (Å²) in [5, 5.41) is 26.5. The number of anilines is 2. The van der Waals surface area contributed by atoms with Crippen LogP contribution in [0.2, 0.25) is 10.0 Å². The second-order valence-corrected chi connectivity index (χ2v) is 10.8. The lowest BCUT2D eigenvalue weighted by Crippen LogP contribution is -2.47. The third-order valence-electron chi connectivity index (χ3n) is 6.49. The number of carbonyl (C=O) groups excluding carboxylic acids is 1. The Hall–Kier alpha value is -5.21. The van der Waals surface area contributed by atoms with Crippen LogP contribution in [-0.4, -0.2) is 44.3 Å². The number of nitrogens with one attached hydrogen (secondary N) is 1. The van der Waals surface area contributed by atoms with E-state index < -0.39 is 40.9 Å². The number of aliphatic carboxylic acids is 2. The number of hydrazone groups is 1. The standard InChI is InChI=1S/C19H12F4N2O2.C12H10Cl2N2O4/c20-13-7-9-14(10-8-13)24-18(26)16-5-2-6-17(25-16)27-15-4-1-3-12(11-15)19(21,22)23;1-12(11(19)20)5-8(10(17)18)15-16(12)9-3-2-6(13)4-7(9)14/h1-11H,(H,24,26);2-4H,5H2,1H3,(H,17,18)(H,19,20). The molecule has 2 heterocycles. The smallest absolute Gasteiger partial charge is 0.416 e. The van der Waals surface area contributed by atoms with Gasteiger partial charge in [-0.2, -0.15) is 18.3 Å². The molecule has 0 bridgehead atoms. The summed E-state index contributed by atoms with van der Waals surface area (Å²) in [6.45, 7) is 1.39. The number of amides is 1. The molecule has 16 heteroatoms. The summed E-state index contributed by atoms with van der Waals surface area (Å²) in [7, 11) is 0. The zero-order valence-corrected chi connectivity index (χ0v) is 25.4. The van der Waals surface area contributed by atoms with Crippen LogP contribution in [0.4, 0.5) is 28.9 Å². The summed E-state index contributed by atoms with van der Waals surface area (Å²) < 4.78 is 56.5. The van der Waals surface area contributed by atoms with Crippen LogP contribution in [0, 0.1) is 5.82 Å². The van der Waals surface area contributed by atoms with Crippen molar-refractivity contribution in [1.82, 2.24) is 4.98 Å². The Labute approximate surface area is 273 Å². The first kappa shape index (κ1) is 34.7. The van der Waals surface area contributed by atoms with Crippen molar-refractivity contribution < 1.29 is 46.9 Å². The molecule has 10 nitrogen and oxygen atoms in total. The highest BCUT2D eigenvalue weighted by Crippen LogP contribution is 2.38. The molecule has 0 radical (unpaired) electrons. The molecule has 244 valence electrons. The van der Waals surface area contributed by atoms with E-state index >= 15 is 0 Å². The van der Waals surface area contributed by atoms with Crippen LogP contribution >= 0.6 is 23.2 Å². The van der Waals surface area contributed by atoms with Crippen LogP contribution in [0.15, 0.2) is 90.0 Å². The summed E-state index contributed by atoms with van der Waals surface area (Å²) in [6, 6.07) is 18.3. The van der Waals surface area contributed by atoms with Crippen molar-refractivity contribution in [2.75, 3.05) is 10.3 Å². The Kier molecular flexibility index (Phi) is 10.4. The van der Waals surface area contributed by atoms with Crippen molar-refractivity contribution >= 4 is 58.1 Å². The van der Waals surface area contributed by atoms with Gasteiger partial charge in [-0.05, 0) is 73.7 Å². The monoisotopic (exact) mass is 692 g/mol. The van der Waals surface area contributed by atoms with Crippen molar-refractivity contribution in [3.8, 4) is 11.6 Å². The first-order valence-electron chi connectivity index (χ1n) is 13.3. The van der Waals surface area contributed by atoms with Gasteiger partial charge in [0.05, 0.1) is 16.3 Å². The maximum absolute atomic E-state index is 12.9. The number of carboxylic acid groups (broad SMARTS) is 2. The summed E-state index contributed by atoms with van der Waals surface area (Å²) in [4.78, 5) is 38.7. The van der Waals surface area contributed by atoms with E-state index in [9.17, 15) is 37.1 Å². The van der Waals surface area contributed by atoms with E-state index in [4.69, 9.17) is 33.0 Å². The highest BCUT2D eigenvalue weighted by molar-refractivity contribution is 6.38. The molecule has 5 rings (SSSR count). The van der Waals surface area contributed by atoms with Crippen molar-refractivity contribution in [2.45, 2.75) is 25.1 Å². The van der Waals surface area contributed by atoms with E-state index in [0.717, 1.165) is 17.1 Å². The number of pyridine rings is 1. The minimum atomic E-state index is -4.50. The second-order valence-electron chi connectivity index (χ2n) is 9.96. The van der Waals surface area contributed by atoms with Gasteiger partial charge in [-0.1, -0.05) is 35.3 Å². The molecule has 0 saturated carbocycles. The van der Waals surface area contributed by atoms with Gasteiger partial charge >= 0.3 is 18.1 Å². The minimum absolute atomic E-state index is 0.0104. The fourth-order valence-electron chi connectivity index (χ4n) is 4.11. The lowest BCUT2D eigenvalue weighted by molar-refractivity contribution is -0.142. The number of rotatable bonds is 7. The van der Waals surface area contributed by atoms with Crippen LogP contribution in [0.25, 0.3) is 0 Å². The number of aromatic nitrogens is 1. The Balaban J connectivity index is 0.000000223. The summed E-state index contributed by atoms with van der Waals surface area (Å²) in [5.41, 5.74) is -1.95. The largest absolute Gasteiger partial charge is 0.479 e. The van der Waals surface area contributed by atoms with Crippen molar-refractivity contribution in [2.24, 2.45) is 5.10 Å². The molecular formula is C31H22Cl2F4N4O6. The molecule has 3 N–H and O–H groups in total. The normalized spacial score (nSPS) is 15.6. The SMILES string of the molecule is CC1(C(=O)O)CC(C(=O)O)=NN1c1ccc(Cl)cc1Cl.O=C(Nc1ccc(F)cc1)c1cccc(Oc2cccc(C(F)(F)F)c2)n1. The quantitative estimate of drug-likeness (QED) is 0.167. The van der Waals surface area contributed by atoms with Crippen LogP contribution in [0.5, 0.6) is 11.6 Å². The molecule has 47 heavy (non-hydrogen) atoms. The Bertz CT molecular complexity index is 1860. The number of alkyl halides is 3. The summed E-state index contributed by atoms with van der Waals surface area (Å²) in [5.74, 6) is -3.57. The van der Waals surface area contributed by atoms with Gasteiger partial charge in [0.2, 0.25) is 5.88 Å². The molecule has 0 fully saturated rings. The van der Waals surface area contributed by atoms with Crippen LogP contribution in [-0.2, 0) is 15.8 Å². The molecule has 1 atom stereocenters. The molecule has 1 amide bonds. The van der Waals surface area contributed by atoms with Gasteiger partial charge in [-0.25, -0.2) is 24.0 Å². The Morgan fingerprint density at radius 1 is 0.957 bits per heavy atom. The summed E-state index contributed by atoms with van der Waals surface area (Å²) in [6.07, 6.45) is -4.72. The number of hydrogen-bond donors (Lipinski definition) is 3.